The quantitative estimate of drug-likeness (QED) is 0.864. The molecule has 1 aromatic heterocycles. The third-order valence-electron chi connectivity index (χ3n) is 4.84. The number of aromatic nitrogens is 1. The van der Waals surface area contributed by atoms with Gasteiger partial charge in [-0.25, -0.2) is 4.98 Å². The van der Waals surface area contributed by atoms with E-state index >= 15 is 0 Å². The number of piperidine rings is 1. The fraction of sp³-hybridized carbons (Fsp3) is 0.647. The summed E-state index contributed by atoms with van der Waals surface area (Å²) >= 11 is 0. The minimum Gasteiger partial charge on any atom is -0.354 e. The standard InChI is InChI=1S/C17H27N5O.ClH/c1-13-11-14(5-6-18-13)17(23)20-15-3-4-16(19-12-15)22-9-7-21(2)8-10-22;/h3-4,12-14,18H,5-11H2,1-2H3,(H,20,23);1H/t13-,14-;/m0./s1. The molecule has 0 aromatic carbocycles. The van der Waals surface area contributed by atoms with Gasteiger partial charge in [-0.3, -0.25) is 4.79 Å². The lowest BCUT2D eigenvalue weighted by atomic mass is 9.92. The monoisotopic (exact) mass is 353 g/mol. The Bertz CT molecular complexity index is 530. The smallest absolute Gasteiger partial charge is 0.227 e. The Hall–Kier alpha value is -1.37. The highest BCUT2D eigenvalue weighted by molar-refractivity contribution is 5.92. The lowest BCUT2D eigenvalue weighted by molar-refractivity contribution is -0.120. The Kier molecular flexibility index (Phi) is 6.83. The first kappa shape index (κ1) is 19.0. The Morgan fingerprint density at radius 3 is 2.67 bits per heavy atom. The van der Waals surface area contributed by atoms with Crippen LogP contribution in [0.5, 0.6) is 0 Å². The van der Waals surface area contributed by atoms with Crippen molar-refractivity contribution in [3.05, 3.63) is 18.3 Å². The maximum atomic E-state index is 12.4. The third kappa shape index (κ3) is 4.82. The van der Waals surface area contributed by atoms with Crippen LogP contribution in [0.2, 0.25) is 0 Å². The number of amides is 1. The van der Waals surface area contributed by atoms with Gasteiger partial charge >= 0.3 is 0 Å². The highest BCUT2D eigenvalue weighted by Gasteiger charge is 2.24. The van der Waals surface area contributed by atoms with Gasteiger partial charge in [0.15, 0.2) is 0 Å². The molecule has 7 heteroatoms. The van der Waals surface area contributed by atoms with Crippen molar-refractivity contribution in [2.45, 2.75) is 25.8 Å². The van der Waals surface area contributed by atoms with Crippen LogP contribution in [0.4, 0.5) is 11.5 Å². The van der Waals surface area contributed by atoms with Gasteiger partial charge in [0.1, 0.15) is 5.82 Å². The SMILES string of the molecule is C[C@H]1C[C@@H](C(=O)Nc2ccc(N3CCN(C)CC3)nc2)CCN1.Cl. The van der Waals surface area contributed by atoms with Crippen LogP contribution >= 0.6 is 12.4 Å². The van der Waals surface area contributed by atoms with Crippen LogP contribution < -0.4 is 15.5 Å². The second-order valence-corrected chi connectivity index (χ2v) is 6.76. The maximum absolute atomic E-state index is 12.4. The molecule has 6 nitrogen and oxygen atoms in total. The first-order valence-electron chi connectivity index (χ1n) is 8.55. The second-order valence-electron chi connectivity index (χ2n) is 6.76. The molecule has 24 heavy (non-hydrogen) atoms. The average Bonchev–Trinajstić information content (AvgIpc) is 2.56. The molecule has 2 atom stereocenters. The number of anilines is 2. The number of nitrogens with one attached hydrogen (secondary N) is 2. The fourth-order valence-electron chi connectivity index (χ4n) is 3.30. The van der Waals surface area contributed by atoms with Gasteiger partial charge < -0.3 is 20.4 Å². The van der Waals surface area contributed by atoms with E-state index in [1.54, 1.807) is 6.20 Å². The molecule has 1 aromatic rings. The molecule has 0 spiro atoms. The van der Waals surface area contributed by atoms with E-state index in [4.69, 9.17) is 0 Å². The molecule has 3 rings (SSSR count). The summed E-state index contributed by atoms with van der Waals surface area (Å²) in [4.78, 5) is 21.5. The molecule has 2 N–H and O–H groups in total. The van der Waals surface area contributed by atoms with Crippen molar-refractivity contribution in [3.8, 4) is 0 Å². The van der Waals surface area contributed by atoms with E-state index in [2.05, 4.69) is 39.4 Å². The molecule has 2 aliphatic heterocycles. The largest absolute Gasteiger partial charge is 0.354 e. The summed E-state index contributed by atoms with van der Waals surface area (Å²) in [6.07, 6.45) is 3.58. The van der Waals surface area contributed by atoms with Crippen LogP contribution in [0, 0.1) is 5.92 Å². The van der Waals surface area contributed by atoms with E-state index in [9.17, 15) is 4.79 Å². The molecule has 3 heterocycles. The molecular formula is C17H28ClN5O. The fourth-order valence-corrected chi connectivity index (χ4v) is 3.30. The zero-order chi connectivity index (χ0) is 16.2. The first-order valence-corrected chi connectivity index (χ1v) is 8.55. The number of halogens is 1. The van der Waals surface area contributed by atoms with Gasteiger partial charge in [0, 0.05) is 38.1 Å². The second kappa shape index (κ2) is 8.65. The maximum Gasteiger partial charge on any atom is 0.227 e. The molecule has 0 saturated carbocycles. The zero-order valence-electron chi connectivity index (χ0n) is 14.5. The Labute approximate surface area is 150 Å². The lowest BCUT2D eigenvalue weighted by Crippen LogP contribution is -2.44. The minimum absolute atomic E-state index is 0. The number of rotatable bonds is 3. The van der Waals surface area contributed by atoms with Crippen molar-refractivity contribution < 1.29 is 4.79 Å². The topological polar surface area (TPSA) is 60.5 Å². The van der Waals surface area contributed by atoms with Crippen molar-refractivity contribution in [1.82, 2.24) is 15.2 Å². The van der Waals surface area contributed by atoms with Gasteiger partial charge in [-0.15, -0.1) is 12.4 Å². The Morgan fingerprint density at radius 1 is 1.29 bits per heavy atom. The summed E-state index contributed by atoms with van der Waals surface area (Å²) in [5.41, 5.74) is 0.791. The van der Waals surface area contributed by atoms with Crippen molar-refractivity contribution >= 4 is 29.8 Å². The number of nitrogens with zero attached hydrogens (tertiary/aromatic N) is 3. The molecule has 134 valence electrons. The van der Waals surface area contributed by atoms with Crippen LogP contribution in [-0.2, 0) is 4.79 Å². The predicted octanol–water partition coefficient (Wildman–Crippen LogP) is 1.58. The summed E-state index contributed by atoms with van der Waals surface area (Å²) in [5, 5.41) is 6.39. The molecule has 2 fully saturated rings. The molecule has 2 saturated heterocycles. The van der Waals surface area contributed by atoms with E-state index in [1.165, 1.54) is 0 Å². The summed E-state index contributed by atoms with van der Waals surface area (Å²) in [5.74, 6) is 1.21. The molecule has 1 amide bonds. The molecule has 0 radical (unpaired) electrons. The Morgan fingerprint density at radius 2 is 2.04 bits per heavy atom. The number of piperazine rings is 1. The minimum atomic E-state index is 0. The van der Waals surface area contributed by atoms with E-state index in [-0.39, 0.29) is 24.2 Å². The van der Waals surface area contributed by atoms with Crippen molar-refractivity contribution in [1.29, 1.82) is 0 Å². The van der Waals surface area contributed by atoms with Crippen LogP contribution in [-0.4, -0.2) is 61.6 Å². The van der Waals surface area contributed by atoms with Crippen LogP contribution in [0.1, 0.15) is 19.8 Å². The van der Waals surface area contributed by atoms with Crippen LogP contribution in [0.15, 0.2) is 18.3 Å². The summed E-state index contributed by atoms with van der Waals surface area (Å²) in [7, 11) is 2.14. The number of carbonyl (C=O) groups is 1. The zero-order valence-corrected chi connectivity index (χ0v) is 15.3. The van der Waals surface area contributed by atoms with Crippen molar-refractivity contribution in [2.75, 3.05) is 50.0 Å². The average molecular weight is 354 g/mol. The van der Waals surface area contributed by atoms with Gasteiger partial charge in [-0.05, 0) is 45.5 Å². The third-order valence-corrected chi connectivity index (χ3v) is 4.84. The number of hydrogen-bond donors (Lipinski definition) is 2. The van der Waals surface area contributed by atoms with E-state index < -0.39 is 0 Å². The van der Waals surface area contributed by atoms with E-state index in [0.29, 0.717) is 6.04 Å². The first-order chi connectivity index (χ1) is 11.1. The van der Waals surface area contributed by atoms with Gasteiger partial charge in [0.25, 0.3) is 0 Å². The highest BCUT2D eigenvalue weighted by Crippen LogP contribution is 2.20. The van der Waals surface area contributed by atoms with Crippen LogP contribution in [0.3, 0.4) is 0 Å². The summed E-state index contributed by atoms with van der Waals surface area (Å²) in [6.45, 7) is 7.18. The van der Waals surface area contributed by atoms with Gasteiger partial charge in [-0.2, -0.15) is 0 Å². The van der Waals surface area contributed by atoms with Crippen LogP contribution in [0.25, 0.3) is 0 Å². The number of pyridine rings is 1. The van der Waals surface area contributed by atoms with Crippen molar-refractivity contribution in [2.24, 2.45) is 5.92 Å². The van der Waals surface area contributed by atoms with Crippen molar-refractivity contribution in [3.63, 3.8) is 0 Å². The van der Waals surface area contributed by atoms with Gasteiger partial charge in [0.05, 0.1) is 11.9 Å². The number of likely N-dealkylation sites (N-methyl/N-ethyl adjacent to an activating group) is 1. The molecule has 0 aliphatic carbocycles. The summed E-state index contributed by atoms with van der Waals surface area (Å²) in [6, 6.07) is 4.38. The Balaban J connectivity index is 0.00000208. The van der Waals surface area contributed by atoms with E-state index in [1.807, 2.05) is 12.1 Å². The predicted molar refractivity (Wildman–Crippen MR) is 100 cm³/mol. The van der Waals surface area contributed by atoms with Gasteiger partial charge in [0.2, 0.25) is 5.91 Å². The number of hydrogen-bond acceptors (Lipinski definition) is 5. The highest BCUT2D eigenvalue weighted by atomic mass is 35.5. The molecule has 0 bridgehead atoms. The summed E-state index contributed by atoms with van der Waals surface area (Å²) < 4.78 is 0. The molecular weight excluding hydrogens is 326 g/mol. The molecule has 0 unspecified atom stereocenters. The normalized spacial score (nSPS) is 25.0. The van der Waals surface area contributed by atoms with Gasteiger partial charge in [-0.1, -0.05) is 0 Å². The van der Waals surface area contributed by atoms with E-state index in [0.717, 1.165) is 57.1 Å². The molecule has 2 aliphatic rings. The lowest BCUT2D eigenvalue weighted by Gasteiger charge is -2.33. The number of carbonyl (C=O) groups excluding carboxylic acids is 1.